The minimum Gasteiger partial charge on any atom is -0.478 e. The van der Waals surface area contributed by atoms with E-state index >= 15 is 0 Å². The number of carbonyl (C=O) groups is 2. The van der Waals surface area contributed by atoms with E-state index in [2.05, 4.69) is 0 Å². The molecule has 0 radical (unpaired) electrons. The number of hydrogen-bond acceptors (Lipinski definition) is 2. The fourth-order valence-electron chi connectivity index (χ4n) is 1.51. The molecule has 2 aromatic carbocycles. The number of benzene rings is 2. The maximum atomic E-state index is 10.5. The van der Waals surface area contributed by atoms with Crippen LogP contribution in [0.3, 0.4) is 0 Å². The Bertz CT molecular complexity index is 581. The van der Waals surface area contributed by atoms with Crippen LogP contribution in [0.15, 0.2) is 72.8 Å². The monoisotopic (exact) mass is 294 g/mol. The van der Waals surface area contributed by atoms with Crippen LogP contribution in [-0.2, 0) is 9.59 Å². The van der Waals surface area contributed by atoms with Crippen molar-refractivity contribution >= 4 is 23.9 Å². The Morgan fingerprint density at radius 2 is 1.18 bits per heavy atom. The standard InChI is InChI=1S/C10H10O.C9H8O2/c1-9(11)7-8-10-5-3-2-4-6-10;10-9(11)7-6-8-4-2-1-3-5-8/h2-8H,1H3;1-7H,(H,10,11). The Morgan fingerprint density at radius 1 is 0.773 bits per heavy atom. The Labute approximate surface area is 130 Å². The lowest BCUT2D eigenvalue weighted by Gasteiger charge is -1.88. The van der Waals surface area contributed by atoms with Gasteiger partial charge in [0, 0.05) is 6.08 Å². The fraction of sp³-hybridized carbons (Fsp3) is 0.0526. The fourth-order valence-corrected chi connectivity index (χ4v) is 1.51. The molecular weight excluding hydrogens is 276 g/mol. The number of carboxylic acids is 1. The van der Waals surface area contributed by atoms with Crippen LogP contribution in [0.5, 0.6) is 0 Å². The van der Waals surface area contributed by atoms with Crippen molar-refractivity contribution in [1.29, 1.82) is 0 Å². The molecule has 22 heavy (non-hydrogen) atoms. The van der Waals surface area contributed by atoms with E-state index in [1.54, 1.807) is 19.1 Å². The molecule has 0 aliphatic rings. The Hall–Kier alpha value is -2.94. The molecule has 0 saturated heterocycles. The summed E-state index contributed by atoms with van der Waals surface area (Å²) < 4.78 is 0. The molecule has 3 nitrogen and oxygen atoms in total. The van der Waals surface area contributed by atoms with Crippen molar-refractivity contribution in [3.8, 4) is 0 Å². The van der Waals surface area contributed by atoms with Crippen LogP contribution < -0.4 is 0 Å². The van der Waals surface area contributed by atoms with Crippen LogP contribution in [0.2, 0.25) is 0 Å². The molecule has 0 heterocycles. The van der Waals surface area contributed by atoms with Gasteiger partial charge >= 0.3 is 5.97 Å². The first kappa shape index (κ1) is 17.1. The minimum absolute atomic E-state index is 0.0776. The van der Waals surface area contributed by atoms with Gasteiger partial charge < -0.3 is 5.11 Å². The van der Waals surface area contributed by atoms with E-state index in [0.717, 1.165) is 17.2 Å². The molecule has 1 N–H and O–H groups in total. The number of rotatable bonds is 4. The zero-order chi connectivity index (χ0) is 16.2. The molecule has 2 aromatic rings. The molecule has 0 unspecified atom stereocenters. The second kappa shape index (κ2) is 9.88. The van der Waals surface area contributed by atoms with E-state index in [0.29, 0.717) is 0 Å². The van der Waals surface area contributed by atoms with Gasteiger partial charge in [0.05, 0.1) is 0 Å². The first-order valence-corrected chi connectivity index (χ1v) is 6.77. The van der Waals surface area contributed by atoms with Gasteiger partial charge in [-0.2, -0.15) is 0 Å². The van der Waals surface area contributed by atoms with Gasteiger partial charge in [0.1, 0.15) is 0 Å². The van der Waals surface area contributed by atoms with Crippen LogP contribution >= 0.6 is 0 Å². The molecule has 0 bridgehead atoms. The van der Waals surface area contributed by atoms with E-state index in [1.807, 2.05) is 66.7 Å². The van der Waals surface area contributed by atoms with Crippen molar-refractivity contribution in [3.05, 3.63) is 83.9 Å². The van der Waals surface area contributed by atoms with Gasteiger partial charge in [-0.05, 0) is 30.2 Å². The number of aliphatic carboxylic acids is 1. The zero-order valence-corrected chi connectivity index (χ0v) is 12.3. The lowest BCUT2D eigenvalue weighted by atomic mass is 10.2. The Kier molecular flexibility index (Phi) is 7.69. The molecule has 0 aliphatic heterocycles. The van der Waals surface area contributed by atoms with Gasteiger partial charge in [0.15, 0.2) is 5.78 Å². The van der Waals surface area contributed by atoms with E-state index < -0.39 is 5.97 Å². The molecule has 0 aromatic heterocycles. The quantitative estimate of drug-likeness (QED) is 0.865. The molecule has 2 rings (SSSR count). The second-order valence-electron chi connectivity index (χ2n) is 4.44. The van der Waals surface area contributed by atoms with Crippen molar-refractivity contribution in [1.82, 2.24) is 0 Å². The van der Waals surface area contributed by atoms with Gasteiger partial charge in [-0.15, -0.1) is 0 Å². The highest BCUT2D eigenvalue weighted by molar-refractivity contribution is 5.91. The molecule has 112 valence electrons. The van der Waals surface area contributed by atoms with Crippen LogP contribution in [0.4, 0.5) is 0 Å². The first-order chi connectivity index (χ1) is 10.6. The number of hydrogen-bond donors (Lipinski definition) is 1. The minimum atomic E-state index is -0.922. The van der Waals surface area contributed by atoms with Crippen molar-refractivity contribution in [2.24, 2.45) is 0 Å². The summed E-state index contributed by atoms with van der Waals surface area (Å²) >= 11 is 0. The van der Waals surface area contributed by atoms with E-state index in [4.69, 9.17) is 5.11 Å². The molecule has 0 spiro atoms. The third-order valence-corrected chi connectivity index (χ3v) is 2.53. The van der Waals surface area contributed by atoms with Gasteiger partial charge in [-0.25, -0.2) is 4.79 Å². The van der Waals surface area contributed by atoms with E-state index in [9.17, 15) is 9.59 Å². The molecule has 0 atom stereocenters. The molecule has 0 aliphatic carbocycles. The largest absolute Gasteiger partial charge is 0.478 e. The highest BCUT2D eigenvalue weighted by atomic mass is 16.4. The number of carbonyl (C=O) groups excluding carboxylic acids is 1. The Morgan fingerprint density at radius 3 is 1.55 bits per heavy atom. The van der Waals surface area contributed by atoms with Crippen molar-refractivity contribution in [3.63, 3.8) is 0 Å². The van der Waals surface area contributed by atoms with Crippen molar-refractivity contribution in [2.75, 3.05) is 0 Å². The maximum absolute atomic E-state index is 10.5. The topological polar surface area (TPSA) is 54.4 Å². The summed E-state index contributed by atoms with van der Waals surface area (Å²) in [4.78, 5) is 20.6. The van der Waals surface area contributed by atoms with Gasteiger partial charge in [0.2, 0.25) is 0 Å². The van der Waals surface area contributed by atoms with Crippen LogP contribution in [-0.4, -0.2) is 16.9 Å². The molecular formula is C19H18O3. The Balaban J connectivity index is 0.000000220. The average molecular weight is 294 g/mol. The zero-order valence-electron chi connectivity index (χ0n) is 12.3. The second-order valence-corrected chi connectivity index (χ2v) is 4.44. The number of ketones is 1. The van der Waals surface area contributed by atoms with Crippen LogP contribution in [0, 0.1) is 0 Å². The van der Waals surface area contributed by atoms with E-state index in [-0.39, 0.29) is 5.78 Å². The lowest BCUT2D eigenvalue weighted by molar-refractivity contribution is -0.131. The summed E-state index contributed by atoms with van der Waals surface area (Å²) in [5, 5.41) is 8.29. The summed E-state index contributed by atoms with van der Waals surface area (Å²) in [6, 6.07) is 19.1. The molecule has 3 heteroatoms. The van der Waals surface area contributed by atoms with Gasteiger partial charge in [0.25, 0.3) is 0 Å². The predicted molar refractivity (Wildman–Crippen MR) is 89.3 cm³/mol. The maximum Gasteiger partial charge on any atom is 0.328 e. The summed E-state index contributed by atoms with van der Waals surface area (Å²) in [5.41, 5.74) is 1.96. The van der Waals surface area contributed by atoms with Crippen molar-refractivity contribution < 1.29 is 14.7 Å². The lowest BCUT2D eigenvalue weighted by Crippen LogP contribution is -1.85. The molecule has 0 amide bonds. The number of allylic oxidation sites excluding steroid dienone is 1. The molecule has 0 saturated carbocycles. The third kappa shape index (κ3) is 8.27. The summed E-state index contributed by atoms with van der Waals surface area (Å²) in [6.45, 7) is 1.54. The summed E-state index contributed by atoms with van der Waals surface area (Å²) in [5.74, 6) is -0.845. The summed E-state index contributed by atoms with van der Waals surface area (Å²) in [6.07, 6.45) is 6.05. The van der Waals surface area contributed by atoms with E-state index in [1.165, 1.54) is 0 Å². The van der Waals surface area contributed by atoms with Crippen LogP contribution in [0.25, 0.3) is 12.2 Å². The predicted octanol–water partition coefficient (Wildman–Crippen LogP) is 4.07. The SMILES string of the molecule is CC(=O)C=Cc1ccccc1.O=C(O)C=Cc1ccccc1. The highest BCUT2D eigenvalue weighted by Crippen LogP contribution is 2.00. The van der Waals surface area contributed by atoms with Crippen molar-refractivity contribution in [2.45, 2.75) is 6.92 Å². The average Bonchev–Trinajstić information content (AvgIpc) is 2.53. The van der Waals surface area contributed by atoms with Gasteiger partial charge in [-0.1, -0.05) is 66.7 Å². The molecule has 0 fully saturated rings. The van der Waals surface area contributed by atoms with Gasteiger partial charge in [-0.3, -0.25) is 4.79 Å². The van der Waals surface area contributed by atoms with Crippen LogP contribution in [0.1, 0.15) is 18.1 Å². The highest BCUT2D eigenvalue weighted by Gasteiger charge is 1.86. The third-order valence-electron chi connectivity index (χ3n) is 2.53. The normalized spacial score (nSPS) is 10.2. The number of carboxylic acid groups (broad SMARTS) is 1. The summed E-state index contributed by atoms with van der Waals surface area (Å²) in [7, 11) is 0. The smallest absolute Gasteiger partial charge is 0.328 e. The first-order valence-electron chi connectivity index (χ1n) is 6.77.